The second kappa shape index (κ2) is 10.4. The van der Waals surface area contributed by atoms with Crippen LogP contribution in [0.15, 0.2) is 12.2 Å². The number of aliphatic hydroxyl groups is 1. The summed E-state index contributed by atoms with van der Waals surface area (Å²) in [6.45, 7) is 15.5. The summed E-state index contributed by atoms with van der Waals surface area (Å²) in [5.41, 5.74) is 3.16. The van der Waals surface area contributed by atoms with Crippen LogP contribution in [0.3, 0.4) is 0 Å². The zero-order valence-corrected chi connectivity index (χ0v) is 19.8. The fraction of sp³-hybridized carbons (Fsp3) is 0.773. The van der Waals surface area contributed by atoms with Crippen LogP contribution in [0.25, 0.3) is 0 Å². The highest BCUT2D eigenvalue weighted by Crippen LogP contribution is 2.44. The molecule has 0 amide bonds. The van der Waals surface area contributed by atoms with Gasteiger partial charge in [0.15, 0.2) is 0 Å². The number of ether oxygens (including phenoxy) is 3. The minimum absolute atomic E-state index is 0.215. The van der Waals surface area contributed by atoms with Gasteiger partial charge < -0.3 is 19.3 Å². The molecule has 30 heavy (non-hydrogen) atoms. The number of rotatable bonds is 11. The molecule has 0 rings (SSSR count). The Kier molecular flexibility index (Phi) is 9.73. The van der Waals surface area contributed by atoms with Gasteiger partial charge in [-0.15, -0.1) is 0 Å². The van der Waals surface area contributed by atoms with E-state index in [2.05, 4.69) is 32.4 Å². The average molecular weight is 430 g/mol. The van der Waals surface area contributed by atoms with Gasteiger partial charge >= 0.3 is 17.9 Å². The second-order valence-electron chi connectivity index (χ2n) is 10.5. The van der Waals surface area contributed by atoms with E-state index in [0.29, 0.717) is 12.8 Å². The van der Waals surface area contributed by atoms with Crippen LogP contribution in [0.5, 0.6) is 0 Å². The zero-order chi connectivity index (χ0) is 24.0. The van der Waals surface area contributed by atoms with Crippen molar-refractivity contribution in [2.24, 2.45) is 16.6 Å². The van der Waals surface area contributed by atoms with E-state index < -0.39 is 35.3 Å². The first kappa shape index (κ1) is 28.1. The van der Waals surface area contributed by atoms with Crippen molar-refractivity contribution in [1.82, 2.24) is 0 Å². The molecule has 0 aromatic rings. The van der Waals surface area contributed by atoms with Crippen molar-refractivity contribution in [2.45, 2.75) is 92.1 Å². The summed E-state index contributed by atoms with van der Waals surface area (Å²) in [6.07, 6.45) is 2.28. The number of aliphatic hydroxyl groups excluding tert-OH is 1. The summed E-state index contributed by atoms with van der Waals surface area (Å²) in [7, 11) is 1.23. The summed E-state index contributed by atoms with van der Waals surface area (Å²) in [4.78, 5) is 34.8. The van der Waals surface area contributed by atoms with Crippen LogP contribution in [0, 0.1) is 10.8 Å². The van der Waals surface area contributed by atoms with Gasteiger partial charge in [0.1, 0.15) is 11.2 Å². The lowest BCUT2D eigenvalue weighted by atomic mass is 9.67. The van der Waals surface area contributed by atoms with Gasteiger partial charge in [0.2, 0.25) is 6.23 Å². The fourth-order valence-corrected chi connectivity index (χ4v) is 4.64. The standard InChI is InChI=1S/C22H39NO7/c1-19(2,13-21(5,6)29-16(25)11-10-15(24)28-9)12-20(3,4)14-22(7,8)30-18(27)17(23)26/h10-11,17,26H,12-14,23H2,1-9H3/b11-10+. The molecule has 174 valence electrons. The van der Waals surface area contributed by atoms with E-state index in [4.69, 9.17) is 15.2 Å². The maximum atomic E-state index is 12.0. The van der Waals surface area contributed by atoms with Crippen LogP contribution in [0.2, 0.25) is 0 Å². The normalized spacial score (nSPS) is 14.4. The smallest absolute Gasteiger partial charge is 0.350 e. The molecular weight excluding hydrogens is 390 g/mol. The highest BCUT2D eigenvalue weighted by Gasteiger charge is 2.39. The number of hydrogen-bond donors (Lipinski definition) is 2. The number of methoxy groups -OCH3 is 1. The summed E-state index contributed by atoms with van der Waals surface area (Å²) >= 11 is 0. The molecule has 0 aromatic heterocycles. The molecule has 1 atom stereocenters. The fourth-order valence-electron chi connectivity index (χ4n) is 4.64. The SMILES string of the molecule is COC(=O)/C=C/C(=O)OC(C)(C)CC(C)(C)CC(C)(C)CC(C)(C)OC(=O)C(N)O. The molecule has 3 N–H and O–H groups in total. The Balaban J connectivity index is 5.05. The Bertz CT molecular complexity index is 646. The van der Waals surface area contributed by atoms with Gasteiger partial charge in [-0.3, -0.25) is 5.73 Å². The minimum Gasteiger partial charge on any atom is -0.466 e. The molecule has 8 nitrogen and oxygen atoms in total. The predicted molar refractivity (Wildman–Crippen MR) is 113 cm³/mol. The van der Waals surface area contributed by atoms with Crippen LogP contribution in [-0.2, 0) is 28.6 Å². The minimum atomic E-state index is -1.66. The summed E-state index contributed by atoms with van der Waals surface area (Å²) in [5, 5.41) is 9.18. The van der Waals surface area contributed by atoms with Crippen LogP contribution >= 0.6 is 0 Å². The quantitative estimate of drug-likeness (QED) is 0.222. The molecule has 1 unspecified atom stereocenters. The van der Waals surface area contributed by atoms with Gasteiger partial charge in [-0.05, 0) is 57.8 Å². The van der Waals surface area contributed by atoms with Crippen LogP contribution in [-0.4, -0.2) is 47.6 Å². The predicted octanol–water partition coefficient (Wildman–Crippen LogP) is 2.86. The monoisotopic (exact) mass is 429 g/mol. The Labute approximate surface area is 180 Å². The average Bonchev–Trinajstić information content (AvgIpc) is 2.47. The van der Waals surface area contributed by atoms with Crippen molar-refractivity contribution in [3.63, 3.8) is 0 Å². The third-order valence-corrected chi connectivity index (χ3v) is 4.32. The first-order valence-electron chi connectivity index (χ1n) is 9.95. The van der Waals surface area contributed by atoms with Gasteiger partial charge in [0.25, 0.3) is 0 Å². The lowest BCUT2D eigenvalue weighted by molar-refractivity contribution is -0.169. The third-order valence-electron chi connectivity index (χ3n) is 4.32. The van der Waals surface area contributed by atoms with E-state index >= 15 is 0 Å². The first-order chi connectivity index (χ1) is 13.3. The molecule has 0 aliphatic carbocycles. The number of esters is 3. The van der Waals surface area contributed by atoms with Gasteiger partial charge in [-0.1, -0.05) is 27.7 Å². The summed E-state index contributed by atoms with van der Waals surface area (Å²) in [6, 6.07) is 0. The van der Waals surface area contributed by atoms with E-state index in [9.17, 15) is 19.5 Å². The van der Waals surface area contributed by atoms with Crippen molar-refractivity contribution in [1.29, 1.82) is 0 Å². The molecule has 0 spiro atoms. The topological polar surface area (TPSA) is 125 Å². The van der Waals surface area contributed by atoms with Crippen molar-refractivity contribution in [3.8, 4) is 0 Å². The van der Waals surface area contributed by atoms with E-state index in [1.165, 1.54) is 7.11 Å². The maximum Gasteiger partial charge on any atom is 0.350 e. The van der Waals surface area contributed by atoms with Crippen molar-refractivity contribution in [2.75, 3.05) is 7.11 Å². The summed E-state index contributed by atoms with van der Waals surface area (Å²) in [5.74, 6) is -2.10. The number of nitrogens with two attached hydrogens (primary N) is 1. The molecule has 0 fully saturated rings. The van der Waals surface area contributed by atoms with Gasteiger partial charge in [0.05, 0.1) is 7.11 Å². The van der Waals surface area contributed by atoms with E-state index in [1.807, 2.05) is 13.8 Å². The molecule has 0 aromatic carbocycles. The van der Waals surface area contributed by atoms with E-state index in [1.54, 1.807) is 13.8 Å². The molecule has 0 bridgehead atoms. The van der Waals surface area contributed by atoms with Crippen molar-refractivity contribution in [3.05, 3.63) is 12.2 Å². The lowest BCUT2D eigenvalue weighted by Gasteiger charge is -2.42. The van der Waals surface area contributed by atoms with Crippen LogP contribution < -0.4 is 5.73 Å². The van der Waals surface area contributed by atoms with Gasteiger partial charge in [-0.25, -0.2) is 14.4 Å². The van der Waals surface area contributed by atoms with E-state index in [-0.39, 0.29) is 10.8 Å². The van der Waals surface area contributed by atoms with E-state index in [0.717, 1.165) is 18.6 Å². The third kappa shape index (κ3) is 11.9. The summed E-state index contributed by atoms with van der Waals surface area (Å²) < 4.78 is 15.3. The zero-order valence-electron chi connectivity index (χ0n) is 19.8. The Morgan fingerprint density at radius 1 is 0.800 bits per heavy atom. The molecule has 0 saturated carbocycles. The van der Waals surface area contributed by atoms with Gasteiger partial charge in [0, 0.05) is 12.2 Å². The Morgan fingerprint density at radius 2 is 1.20 bits per heavy atom. The highest BCUT2D eigenvalue weighted by atomic mass is 16.6. The Morgan fingerprint density at radius 3 is 1.60 bits per heavy atom. The molecule has 0 heterocycles. The van der Waals surface area contributed by atoms with Crippen LogP contribution in [0.4, 0.5) is 0 Å². The van der Waals surface area contributed by atoms with Gasteiger partial charge in [-0.2, -0.15) is 0 Å². The Hall–Kier alpha value is -1.93. The molecule has 0 radical (unpaired) electrons. The van der Waals surface area contributed by atoms with Crippen molar-refractivity contribution < 1.29 is 33.7 Å². The van der Waals surface area contributed by atoms with Crippen molar-refractivity contribution >= 4 is 17.9 Å². The maximum absolute atomic E-state index is 12.0. The molecule has 0 aliphatic rings. The molecule has 0 saturated heterocycles. The second-order valence-corrected chi connectivity index (χ2v) is 10.5. The number of carbonyl (C=O) groups excluding carboxylic acids is 3. The van der Waals surface area contributed by atoms with Crippen LogP contribution in [0.1, 0.15) is 74.7 Å². The molecule has 8 heteroatoms. The molecule has 0 aliphatic heterocycles. The lowest BCUT2D eigenvalue weighted by Crippen LogP contribution is -2.42. The largest absolute Gasteiger partial charge is 0.466 e. The number of carbonyl (C=O) groups is 3. The first-order valence-corrected chi connectivity index (χ1v) is 9.95. The number of hydrogen-bond acceptors (Lipinski definition) is 8. The highest BCUT2D eigenvalue weighted by molar-refractivity contribution is 5.91. The molecular formula is C22H39NO7.